The summed E-state index contributed by atoms with van der Waals surface area (Å²) in [5.41, 5.74) is 1.06. The Morgan fingerprint density at radius 3 is 2.22 bits per heavy atom. The number of nitrogens with zero attached hydrogens (tertiary/aromatic N) is 1. The molecule has 0 aliphatic heterocycles. The maximum absolute atomic E-state index is 12.4. The Hall–Kier alpha value is -2.35. The molecule has 1 atom stereocenters. The van der Waals surface area contributed by atoms with Crippen molar-refractivity contribution < 1.29 is 14.3 Å². The Labute approximate surface area is 160 Å². The smallest absolute Gasteiger partial charge is 0.338 e. The van der Waals surface area contributed by atoms with Crippen LogP contribution in [0.1, 0.15) is 61.4 Å². The molecule has 0 saturated heterocycles. The largest absolute Gasteiger partial charge is 0.452 e. The van der Waals surface area contributed by atoms with E-state index < -0.39 is 5.97 Å². The minimum atomic E-state index is -0.544. The molecule has 5 nitrogen and oxygen atoms in total. The van der Waals surface area contributed by atoms with Gasteiger partial charge in [0, 0.05) is 6.04 Å². The lowest BCUT2D eigenvalue weighted by Crippen LogP contribution is -2.56. The molecule has 27 heavy (non-hydrogen) atoms. The van der Waals surface area contributed by atoms with Gasteiger partial charge in [0.05, 0.1) is 17.2 Å². The fourth-order valence-electron chi connectivity index (χ4n) is 6.04. The van der Waals surface area contributed by atoms with Gasteiger partial charge in [0.25, 0.3) is 5.91 Å². The third-order valence-electron chi connectivity index (χ3n) is 6.97. The van der Waals surface area contributed by atoms with Crippen LogP contribution in [0.15, 0.2) is 24.3 Å². The lowest BCUT2D eigenvalue weighted by molar-refractivity contribution is -0.128. The molecule has 4 saturated carbocycles. The van der Waals surface area contributed by atoms with Gasteiger partial charge in [0.1, 0.15) is 0 Å². The van der Waals surface area contributed by atoms with Crippen LogP contribution < -0.4 is 5.32 Å². The molecule has 4 aliphatic carbocycles. The summed E-state index contributed by atoms with van der Waals surface area (Å²) in [6.45, 7) is 1.85. The predicted molar refractivity (Wildman–Crippen MR) is 99.6 cm³/mol. The fraction of sp³-hybridized carbons (Fsp3) is 0.591. The highest BCUT2D eigenvalue weighted by atomic mass is 16.5. The van der Waals surface area contributed by atoms with Crippen molar-refractivity contribution in [1.82, 2.24) is 5.32 Å². The van der Waals surface area contributed by atoms with Crippen LogP contribution in [0.4, 0.5) is 0 Å². The summed E-state index contributed by atoms with van der Waals surface area (Å²) in [5, 5.41) is 11.9. The van der Waals surface area contributed by atoms with Crippen molar-refractivity contribution in [2.24, 2.45) is 23.2 Å². The molecule has 4 bridgehead atoms. The monoisotopic (exact) mass is 366 g/mol. The molecule has 0 radical (unpaired) electrons. The third-order valence-corrected chi connectivity index (χ3v) is 6.97. The van der Waals surface area contributed by atoms with E-state index in [0.717, 1.165) is 17.8 Å². The molecule has 4 aliphatic rings. The number of ether oxygens (including phenoxy) is 1. The minimum absolute atomic E-state index is 0.118. The number of esters is 1. The van der Waals surface area contributed by atoms with Crippen LogP contribution in [0.5, 0.6) is 0 Å². The lowest BCUT2D eigenvalue weighted by Gasteiger charge is -2.59. The van der Waals surface area contributed by atoms with Crippen molar-refractivity contribution in [2.75, 3.05) is 6.61 Å². The number of hydrogen-bond acceptors (Lipinski definition) is 4. The second-order valence-corrected chi connectivity index (χ2v) is 8.83. The molecule has 1 amide bonds. The normalized spacial score (nSPS) is 31.8. The summed E-state index contributed by atoms with van der Waals surface area (Å²) in [5.74, 6) is 1.73. The molecular weight excluding hydrogens is 340 g/mol. The van der Waals surface area contributed by atoms with E-state index in [2.05, 4.69) is 12.2 Å². The first-order valence-electron chi connectivity index (χ1n) is 9.94. The van der Waals surface area contributed by atoms with Gasteiger partial charge in [0.2, 0.25) is 0 Å². The van der Waals surface area contributed by atoms with E-state index >= 15 is 0 Å². The Kier molecular flexibility index (Phi) is 4.67. The summed E-state index contributed by atoms with van der Waals surface area (Å²) in [6, 6.07) is 8.32. The number of benzene rings is 1. The molecule has 0 aromatic heterocycles. The number of rotatable bonds is 5. The maximum Gasteiger partial charge on any atom is 0.338 e. The maximum atomic E-state index is 12.4. The fourth-order valence-corrected chi connectivity index (χ4v) is 6.04. The third kappa shape index (κ3) is 3.58. The molecular formula is C22H26N2O3. The van der Waals surface area contributed by atoms with E-state index in [4.69, 9.17) is 10.00 Å². The van der Waals surface area contributed by atoms with Crippen LogP contribution in [-0.4, -0.2) is 24.5 Å². The second-order valence-electron chi connectivity index (χ2n) is 8.83. The highest BCUT2D eigenvalue weighted by Gasteiger charge is 2.53. The Bertz CT molecular complexity index is 742. The zero-order chi connectivity index (χ0) is 19.0. The van der Waals surface area contributed by atoms with Gasteiger partial charge < -0.3 is 10.1 Å². The average Bonchev–Trinajstić information content (AvgIpc) is 2.65. The number of nitriles is 1. The van der Waals surface area contributed by atoms with Gasteiger partial charge in [-0.15, -0.1) is 0 Å². The van der Waals surface area contributed by atoms with Crippen molar-refractivity contribution in [2.45, 2.75) is 51.5 Å². The molecule has 1 N–H and O–H groups in total. The Morgan fingerprint density at radius 2 is 1.70 bits per heavy atom. The molecule has 1 aromatic carbocycles. The van der Waals surface area contributed by atoms with Gasteiger partial charge in [0.15, 0.2) is 6.61 Å². The van der Waals surface area contributed by atoms with Crippen LogP contribution in [0.2, 0.25) is 0 Å². The summed E-state index contributed by atoms with van der Waals surface area (Å²) >= 11 is 0. The van der Waals surface area contributed by atoms with E-state index in [-0.39, 0.29) is 24.0 Å². The second kappa shape index (κ2) is 6.99. The quantitative estimate of drug-likeness (QED) is 0.810. The zero-order valence-corrected chi connectivity index (χ0v) is 15.7. The molecule has 4 fully saturated rings. The number of carbonyl (C=O) groups is 2. The van der Waals surface area contributed by atoms with E-state index in [1.54, 1.807) is 12.1 Å². The Balaban J connectivity index is 1.30. The van der Waals surface area contributed by atoms with Crippen LogP contribution >= 0.6 is 0 Å². The molecule has 0 spiro atoms. The van der Waals surface area contributed by atoms with Gasteiger partial charge >= 0.3 is 5.97 Å². The van der Waals surface area contributed by atoms with Gasteiger partial charge in [-0.3, -0.25) is 4.79 Å². The number of nitrogens with one attached hydrogen (secondary N) is 1. The first-order chi connectivity index (χ1) is 13.0. The minimum Gasteiger partial charge on any atom is -0.452 e. The molecule has 5 rings (SSSR count). The molecule has 0 heterocycles. The number of carbonyl (C=O) groups excluding carboxylic acids is 2. The van der Waals surface area contributed by atoms with E-state index in [9.17, 15) is 9.59 Å². The first-order valence-corrected chi connectivity index (χ1v) is 9.94. The van der Waals surface area contributed by atoms with E-state index in [1.165, 1.54) is 50.7 Å². The van der Waals surface area contributed by atoms with Crippen LogP contribution in [-0.2, 0) is 9.53 Å². The highest BCUT2D eigenvalue weighted by Crippen LogP contribution is 2.61. The molecule has 1 aromatic rings. The van der Waals surface area contributed by atoms with Crippen LogP contribution in [0, 0.1) is 34.5 Å². The predicted octanol–water partition coefficient (Wildman–Crippen LogP) is 3.44. The van der Waals surface area contributed by atoms with Crippen LogP contribution in [0.25, 0.3) is 0 Å². The molecule has 5 heteroatoms. The summed E-state index contributed by atoms with van der Waals surface area (Å²) in [4.78, 5) is 24.4. The van der Waals surface area contributed by atoms with Crippen molar-refractivity contribution >= 4 is 11.9 Å². The van der Waals surface area contributed by atoms with Crippen molar-refractivity contribution in [3.63, 3.8) is 0 Å². The van der Waals surface area contributed by atoms with Gasteiger partial charge in [-0.2, -0.15) is 5.26 Å². The van der Waals surface area contributed by atoms with Crippen molar-refractivity contribution in [1.29, 1.82) is 5.26 Å². The summed E-state index contributed by atoms with van der Waals surface area (Å²) < 4.78 is 5.15. The number of hydrogen-bond donors (Lipinski definition) is 1. The summed E-state index contributed by atoms with van der Waals surface area (Å²) in [7, 11) is 0. The van der Waals surface area contributed by atoms with Gasteiger partial charge in [-0.25, -0.2) is 4.79 Å². The first kappa shape index (κ1) is 18.0. The standard InChI is InChI=1S/C22H26N2O3/c1-14(22-9-16-6-17(10-22)8-18(7-16)11-22)24-20(25)13-27-21(26)19-4-2-15(12-23)3-5-19/h2-5,14,16-18H,6-11,13H2,1H3,(H,24,25). The van der Waals surface area contributed by atoms with Crippen molar-refractivity contribution in [3.05, 3.63) is 35.4 Å². The number of amides is 1. The van der Waals surface area contributed by atoms with E-state index in [0.29, 0.717) is 11.1 Å². The SMILES string of the molecule is CC(NC(=O)COC(=O)c1ccc(C#N)cc1)C12CC3CC(CC(C3)C1)C2. The van der Waals surface area contributed by atoms with Crippen LogP contribution in [0.3, 0.4) is 0 Å². The van der Waals surface area contributed by atoms with Gasteiger partial charge in [-0.05, 0) is 92.9 Å². The molecule has 1 unspecified atom stereocenters. The topological polar surface area (TPSA) is 79.2 Å². The van der Waals surface area contributed by atoms with Crippen molar-refractivity contribution in [3.8, 4) is 6.07 Å². The average molecular weight is 366 g/mol. The highest BCUT2D eigenvalue weighted by molar-refractivity contribution is 5.91. The van der Waals surface area contributed by atoms with E-state index in [1.807, 2.05) is 6.07 Å². The summed E-state index contributed by atoms with van der Waals surface area (Å²) in [6.07, 6.45) is 7.81. The lowest BCUT2D eigenvalue weighted by atomic mass is 9.48. The van der Waals surface area contributed by atoms with Gasteiger partial charge in [-0.1, -0.05) is 0 Å². The Morgan fingerprint density at radius 1 is 1.15 bits per heavy atom. The molecule has 142 valence electrons. The zero-order valence-electron chi connectivity index (χ0n) is 15.7.